The van der Waals surface area contributed by atoms with Gasteiger partial charge in [0.2, 0.25) is 0 Å². The fourth-order valence-corrected chi connectivity index (χ4v) is 2.96. The van der Waals surface area contributed by atoms with Crippen LogP contribution in [0.2, 0.25) is 0 Å². The van der Waals surface area contributed by atoms with Crippen LogP contribution >= 0.6 is 0 Å². The highest BCUT2D eigenvalue weighted by molar-refractivity contribution is 5.38. The fourth-order valence-electron chi connectivity index (χ4n) is 2.96. The lowest BCUT2D eigenvalue weighted by Gasteiger charge is -2.29. The monoisotopic (exact) mass is 282 g/mol. The van der Waals surface area contributed by atoms with E-state index >= 15 is 0 Å². The van der Waals surface area contributed by atoms with E-state index in [9.17, 15) is 5.11 Å². The first-order chi connectivity index (χ1) is 10.1. The largest absolute Gasteiger partial charge is 0.380 e. The van der Waals surface area contributed by atoms with Crippen molar-refractivity contribution in [1.29, 1.82) is 0 Å². The van der Waals surface area contributed by atoms with E-state index < -0.39 is 5.60 Å². The molecule has 2 rings (SSSR count). The maximum atomic E-state index is 11.3. The van der Waals surface area contributed by atoms with Crippen molar-refractivity contribution >= 4 is 0 Å². The van der Waals surface area contributed by atoms with Crippen LogP contribution in [-0.4, -0.2) is 5.11 Å². The minimum absolute atomic E-state index is 0.622. The minimum atomic E-state index is -0.886. The summed E-state index contributed by atoms with van der Waals surface area (Å²) in [6.07, 6.45) is 2.73. The second-order valence-corrected chi connectivity index (χ2v) is 6.27. The molecule has 1 N–H and O–H groups in total. The molecule has 21 heavy (non-hydrogen) atoms. The zero-order valence-corrected chi connectivity index (χ0v) is 13.3. The number of aliphatic hydroxyl groups is 1. The number of hydrogen-bond donors (Lipinski definition) is 1. The smallest absolute Gasteiger partial charge is 0.115 e. The molecule has 1 nitrogen and oxygen atoms in total. The molecular formula is C20H26O. The number of rotatable bonds is 6. The molecule has 0 radical (unpaired) electrons. The summed E-state index contributed by atoms with van der Waals surface area (Å²) in [6, 6.07) is 18.5. The van der Waals surface area contributed by atoms with Crippen LogP contribution in [0.3, 0.4) is 0 Å². The first-order valence-corrected chi connectivity index (χ1v) is 7.93. The molecule has 0 saturated carbocycles. The van der Waals surface area contributed by atoms with E-state index in [0.717, 1.165) is 30.4 Å². The number of benzene rings is 2. The lowest BCUT2D eigenvalue weighted by atomic mass is 9.82. The van der Waals surface area contributed by atoms with Gasteiger partial charge in [-0.1, -0.05) is 81.8 Å². The average molecular weight is 282 g/mol. The van der Waals surface area contributed by atoms with Gasteiger partial charge >= 0.3 is 0 Å². The van der Waals surface area contributed by atoms with E-state index in [1.165, 1.54) is 5.56 Å². The molecule has 1 heteroatoms. The predicted octanol–water partition coefficient (Wildman–Crippen LogP) is 4.92. The lowest BCUT2D eigenvalue weighted by molar-refractivity contribution is 0.0701. The predicted molar refractivity (Wildman–Crippen MR) is 89.3 cm³/mol. The summed E-state index contributed by atoms with van der Waals surface area (Å²) >= 11 is 0. The van der Waals surface area contributed by atoms with E-state index in [-0.39, 0.29) is 0 Å². The quantitative estimate of drug-likeness (QED) is 0.797. The molecule has 0 aliphatic heterocycles. The zero-order valence-electron chi connectivity index (χ0n) is 13.3. The van der Waals surface area contributed by atoms with Crippen molar-refractivity contribution in [3.05, 3.63) is 71.3 Å². The Morgan fingerprint density at radius 3 is 2.24 bits per heavy atom. The Hall–Kier alpha value is -1.60. The molecule has 0 saturated heterocycles. The van der Waals surface area contributed by atoms with Crippen LogP contribution in [0.4, 0.5) is 0 Å². The maximum absolute atomic E-state index is 11.3. The van der Waals surface area contributed by atoms with Crippen molar-refractivity contribution in [3.8, 4) is 0 Å². The Kier molecular flexibility index (Phi) is 5.19. The van der Waals surface area contributed by atoms with Crippen molar-refractivity contribution < 1.29 is 5.11 Å². The molecule has 0 aliphatic rings. The van der Waals surface area contributed by atoms with E-state index in [1.807, 2.05) is 36.4 Å². The van der Waals surface area contributed by atoms with Crippen LogP contribution < -0.4 is 0 Å². The van der Waals surface area contributed by atoms with Gasteiger partial charge in [-0.25, -0.2) is 0 Å². The van der Waals surface area contributed by atoms with E-state index in [2.05, 4.69) is 39.0 Å². The van der Waals surface area contributed by atoms with Gasteiger partial charge < -0.3 is 5.11 Å². The second kappa shape index (κ2) is 6.91. The lowest BCUT2D eigenvalue weighted by Crippen LogP contribution is -2.27. The van der Waals surface area contributed by atoms with Crippen molar-refractivity contribution in [2.75, 3.05) is 0 Å². The SMILES string of the molecule is CCCC(O)(c1ccccc1)c1cccc(CC(C)C)c1. The van der Waals surface area contributed by atoms with Gasteiger partial charge in [-0.05, 0) is 35.4 Å². The Morgan fingerprint density at radius 2 is 1.62 bits per heavy atom. The third-order valence-corrected chi connectivity index (χ3v) is 3.91. The number of hydrogen-bond acceptors (Lipinski definition) is 1. The summed E-state index contributed by atoms with van der Waals surface area (Å²) < 4.78 is 0. The highest BCUT2D eigenvalue weighted by Gasteiger charge is 2.30. The van der Waals surface area contributed by atoms with Crippen LogP contribution in [-0.2, 0) is 12.0 Å². The van der Waals surface area contributed by atoms with Crippen molar-refractivity contribution in [3.63, 3.8) is 0 Å². The van der Waals surface area contributed by atoms with Crippen LogP contribution in [0.15, 0.2) is 54.6 Å². The molecule has 0 spiro atoms. The summed E-state index contributed by atoms with van der Waals surface area (Å²) in [5.74, 6) is 0.622. The second-order valence-electron chi connectivity index (χ2n) is 6.27. The summed E-state index contributed by atoms with van der Waals surface area (Å²) in [4.78, 5) is 0. The normalized spacial score (nSPS) is 14.1. The van der Waals surface area contributed by atoms with Gasteiger partial charge in [-0.2, -0.15) is 0 Å². The molecule has 2 aromatic carbocycles. The van der Waals surface area contributed by atoms with E-state index in [0.29, 0.717) is 5.92 Å². The molecule has 2 aromatic rings. The van der Waals surface area contributed by atoms with Gasteiger partial charge in [0.05, 0.1) is 0 Å². The van der Waals surface area contributed by atoms with Gasteiger partial charge in [0.15, 0.2) is 0 Å². The minimum Gasteiger partial charge on any atom is -0.380 e. The Labute approximate surface area is 128 Å². The zero-order chi connectivity index (χ0) is 15.3. The van der Waals surface area contributed by atoms with Crippen molar-refractivity contribution in [2.24, 2.45) is 5.92 Å². The van der Waals surface area contributed by atoms with Gasteiger partial charge in [-0.15, -0.1) is 0 Å². The first-order valence-electron chi connectivity index (χ1n) is 7.93. The molecular weight excluding hydrogens is 256 g/mol. The third kappa shape index (κ3) is 3.74. The molecule has 0 aliphatic carbocycles. The Morgan fingerprint density at radius 1 is 0.952 bits per heavy atom. The Bertz CT molecular complexity index is 559. The van der Waals surface area contributed by atoms with Gasteiger partial charge in [0, 0.05) is 0 Å². The van der Waals surface area contributed by atoms with Crippen LogP contribution in [0.1, 0.15) is 50.3 Å². The molecule has 0 bridgehead atoms. The van der Waals surface area contributed by atoms with Gasteiger partial charge in [0.1, 0.15) is 5.60 Å². The van der Waals surface area contributed by atoms with Crippen LogP contribution in [0.5, 0.6) is 0 Å². The van der Waals surface area contributed by atoms with E-state index in [4.69, 9.17) is 0 Å². The summed E-state index contributed by atoms with van der Waals surface area (Å²) in [6.45, 7) is 6.57. The maximum Gasteiger partial charge on any atom is 0.115 e. The summed E-state index contributed by atoms with van der Waals surface area (Å²) in [7, 11) is 0. The van der Waals surface area contributed by atoms with Gasteiger partial charge in [0.25, 0.3) is 0 Å². The molecule has 112 valence electrons. The van der Waals surface area contributed by atoms with Crippen LogP contribution in [0, 0.1) is 5.92 Å². The molecule has 0 amide bonds. The van der Waals surface area contributed by atoms with Crippen molar-refractivity contribution in [2.45, 2.75) is 45.6 Å². The van der Waals surface area contributed by atoms with Crippen molar-refractivity contribution in [1.82, 2.24) is 0 Å². The van der Waals surface area contributed by atoms with Gasteiger partial charge in [-0.3, -0.25) is 0 Å². The summed E-state index contributed by atoms with van der Waals surface area (Å²) in [5.41, 5.74) is 2.40. The molecule has 0 fully saturated rings. The fraction of sp³-hybridized carbons (Fsp3) is 0.400. The molecule has 0 aromatic heterocycles. The highest BCUT2D eigenvalue weighted by atomic mass is 16.3. The molecule has 1 atom stereocenters. The topological polar surface area (TPSA) is 20.2 Å². The average Bonchev–Trinajstić information content (AvgIpc) is 2.48. The third-order valence-electron chi connectivity index (χ3n) is 3.91. The summed E-state index contributed by atoms with van der Waals surface area (Å²) in [5, 5.41) is 11.3. The first kappa shape index (κ1) is 15.8. The molecule has 1 unspecified atom stereocenters. The molecule has 0 heterocycles. The standard InChI is InChI=1S/C20H26O/c1-4-13-20(21,18-10-6-5-7-11-18)19-12-8-9-17(15-19)14-16(2)3/h5-12,15-16,21H,4,13-14H2,1-3H3. The van der Waals surface area contributed by atoms with E-state index in [1.54, 1.807) is 0 Å². The Balaban J connectivity index is 2.43. The highest BCUT2D eigenvalue weighted by Crippen LogP contribution is 2.34. The van der Waals surface area contributed by atoms with Crippen LogP contribution in [0.25, 0.3) is 0 Å².